The molecule has 1 rings (SSSR count). The van der Waals surface area contributed by atoms with Gasteiger partial charge in [-0.15, -0.1) is 0 Å². The van der Waals surface area contributed by atoms with Gasteiger partial charge in [0.1, 0.15) is 0 Å². The maximum absolute atomic E-state index is 5.55. The van der Waals surface area contributed by atoms with Crippen LogP contribution in [0, 0.1) is 0 Å². The molecule has 0 heterocycles. The molecule has 1 N–H and O–H groups in total. The quantitative estimate of drug-likeness (QED) is 0.686. The molecule has 0 aliphatic carbocycles. The predicted octanol–water partition coefficient (Wildman–Crippen LogP) is 3.93. The van der Waals surface area contributed by atoms with E-state index in [-0.39, 0.29) is 0 Å². The summed E-state index contributed by atoms with van der Waals surface area (Å²) >= 11 is 0. The first-order valence-electron chi connectivity index (χ1n) is 7.30. The maximum atomic E-state index is 5.55. The number of methoxy groups -OCH3 is 1. The number of ether oxygens (including phenoxy) is 2. The van der Waals surface area contributed by atoms with Crippen LogP contribution < -0.4 is 14.8 Å². The molecule has 19 heavy (non-hydrogen) atoms. The van der Waals surface area contributed by atoms with Crippen molar-refractivity contribution in [3.63, 3.8) is 0 Å². The predicted molar refractivity (Wildman–Crippen MR) is 80.1 cm³/mol. The van der Waals surface area contributed by atoms with Crippen molar-refractivity contribution < 1.29 is 9.47 Å². The molecule has 0 saturated carbocycles. The third-order valence-corrected chi connectivity index (χ3v) is 3.22. The van der Waals surface area contributed by atoms with Gasteiger partial charge in [-0.05, 0) is 44.0 Å². The van der Waals surface area contributed by atoms with E-state index in [1.807, 2.05) is 13.0 Å². The van der Waals surface area contributed by atoms with E-state index in [2.05, 4.69) is 31.3 Å². The zero-order valence-electron chi connectivity index (χ0n) is 12.7. The summed E-state index contributed by atoms with van der Waals surface area (Å²) in [5.74, 6) is 1.63. The fourth-order valence-electron chi connectivity index (χ4n) is 2.13. The minimum atomic E-state index is 0.385. The Balaban J connectivity index is 2.80. The molecule has 0 aromatic heterocycles. The van der Waals surface area contributed by atoms with E-state index in [0.29, 0.717) is 12.6 Å². The Morgan fingerprint density at radius 1 is 1.16 bits per heavy atom. The zero-order chi connectivity index (χ0) is 14.1. The molecule has 1 atom stereocenters. The third kappa shape index (κ3) is 4.75. The zero-order valence-corrected chi connectivity index (χ0v) is 12.7. The number of unbranched alkanes of at least 4 members (excludes halogenated alkanes) is 1. The van der Waals surface area contributed by atoms with Crippen molar-refractivity contribution >= 4 is 0 Å². The van der Waals surface area contributed by atoms with Crippen LogP contribution in [0.25, 0.3) is 0 Å². The Labute approximate surface area is 117 Å². The molecule has 0 unspecified atom stereocenters. The highest BCUT2D eigenvalue weighted by atomic mass is 16.5. The van der Waals surface area contributed by atoms with Crippen molar-refractivity contribution in [2.45, 2.75) is 46.1 Å². The summed E-state index contributed by atoms with van der Waals surface area (Å²) in [7, 11) is 1.69. The SMILES string of the molecule is CCCCN[C@@H](CC)c1ccc(OCC)c(OC)c1. The van der Waals surface area contributed by atoms with Crippen LogP contribution >= 0.6 is 0 Å². The summed E-state index contributed by atoms with van der Waals surface area (Å²) in [6, 6.07) is 6.59. The molecule has 3 heteroatoms. The topological polar surface area (TPSA) is 30.5 Å². The van der Waals surface area contributed by atoms with Gasteiger partial charge in [0.2, 0.25) is 0 Å². The summed E-state index contributed by atoms with van der Waals surface area (Å²) in [5, 5.41) is 3.59. The summed E-state index contributed by atoms with van der Waals surface area (Å²) in [6.07, 6.45) is 3.50. The lowest BCUT2D eigenvalue weighted by Crippen LogP contribution is -2.21. The van der Waals surface area contributed by atoms with Crippen molar-refractivity contribution in [2.75, 3.05) is 20.3 Å². The van der Waals surface area contributed by atoms with Crippen molar-refractivity contribution in [1.29, 1.82) is 0 Å². The molecule has 0 aliphatic heterocycles. The lowest BCUT2D eigenvalue weighted by molar-refractivity contribution is 0.310. The Morgan fingerprint density at radius 2 is 1.95 bits per heavy atom. The largest absolute Gasteiger partial charge is 0.493 e. The molecule has 0 spiro atoms. The van der Waals surface area contributed by atoms with Crippen LogP contribution in [0.1, 0.15) is 51.6 Å². The van der Waals surface area contributed by atoms with E-state index in [1.165, 1.54) is 18.4 Å². The Morgan fingerprint density at radius 3 is 2.53 bits per heavy atom. The average Bonchev–Trinajstić information content (AvgIpc) is 2.45. The minimum absolute atomic E-state index is 0.385. The lowest BCUT2D eigenvalue weighted by atomic mass is 10.0. The van der Waals surface area contributed by atoms with Crippen LogP contribution in [0.4, 0.5) is 0 Å². The van der Waals surface area contributed by atoms with Gasteiger partial charge in [-0.1, -0.05) is 26.3 Å². The molecule has 1 aromatic carbocycles. The molecule has 0 saturated heterocycles. The summed E-state index contributed by atoms with van der Waals surface area (Å²) in [6.45, 7) is 8.11. The fraction of sp³-hybridized carbons (Fsp3) is 0.625. The second-order valence-electron chi connectivity index (χ2n) is 4.61. The van der Waals surface area contributed by atoms with Crippen molar-refractivity contribution in [3.8, 4) is 11.5 Å². The van der Waals surface area contributed by atoms with E-state index in [4.69, 9.17) is 9.47 Å². The average molecular weight is 265 g/mol. The highest BCUT2D eigenvalue weighted by Crippen LogP contribution is 2.31. The van der Waals surface area contributed by atoms with Crippen LogP contribution in [0.3, 0.4) is 0 Å². The fourth-order valence-corrected chi connectivity index (χ4v) is 2.13. The highest BCUT2D eigenvalue weighted by molar-refractivity contribution is 5.43. The molecular formula is C16H27NO2. The van der Waals surface area contributed by atoms with Gasteiger partial charge in [-0.25, -0.2) is 0 Å². The molecule has 0 radical (unpaired) electrons. The monoisotopic (exact) mass is 265 g/mol. The second-order valence-corrected chi connectivity index (χ2v) is 4.61. The number of nitrogens with one attached hydrogen (secondary N) is 1. The first kappa shape index (κ1) is 15.8. The third-order valence-electron chi connectivity index (χ3n) is 3.22. The molecular weight excluding hydrogens is 238 g/mol. The number of benzene rings is 1. The van der Waals surface area contributed by atoms with Crippen LogP contribution in [0.15, 0.2) is 18.2 Å². The molecule has 0 amide bonds. The van der Waals surface area contributed by atoms with Gasteiger partial charge in [-0.3, -0.25) is 0 Å². The van der Waals surface area contributed by atoms with Crippen LogP contribution in [-0.2, 0) is 0 Å². The number of rotatable bonds is 9. The first-order chi connectivity index (χ1) is 9.26. The van der Waals surface area contributed by atoms with Gasteiger partial charge in [0.25, 0.3) is 0 Å². The smallest absolute Gasteiger partial charge is 0.161 e. The molecule has 1 aromatic rings. The Kier molecular flexibility index (Phi) is 7.34. The lowest BCUT2D eigenvalue weighted by Gasteiger charge is -2.19. The van der Waals surface area contributed by atoms with E-state index >= 15 is 0 Å². The van der Waals surface area contributed by atoms with Crippen LogP contribution in [-0.4, -0.2) is 20.3 Å². The summed E-state index contributed by atoms with van der Waals surface area (Å²) in [4.78, 5) is 0. The summed E-state index contributed by atoms with van der Waals surface area (Å²) in [5.41, 5.74) is 1.26. The van der Waals surface area contributed by atoms with E-state index in [9.17, 15) is 0 Å². The molecule has 0 bridgehead atoms. The molecule has 0 aliphatic rings. The van der Waals surface area contributed by atoms with Gasteiger partial charge < -0.3 is 14.8 Å². The number of hydrogen-bond acceptors (Lipinski definition) is 3. The molecule has 108 valence electrons. The Bertz CT molecular complexity index is 366. The van der Waals surface area contributed by atoms with Crippen LogP contribution in [0.2, 0.25) is 0 Å². The second kappa shape index (κ2) is 8.81. The first-order valence-corrected chi connectivity index (χ1v) is 7.30. The van der Waals surface area contributed by atoms with Gasteiger partial charge in [0.15, 0.2) is 11.5 Å². The number of hydrogen-bond donors (Lipinski definition) is 1. The van der Waals surface area contributed by atoms with E-state index < -0.39 is 0 Å². The Hall–Kier alpha value is -1.22. The van der Waals surface area contributed by atoms with Crippen LogP contribution in [0.5, 0.6) is 11.5 Å². The van der Waals surface area contributed by atoms with Gasteiger partial charge in [0.05, 0.1) is 13.7 Å². The van der Waals surface area contributed by atoms with E-state index in [0.717, 1.165) is 24.5 Å². The maximum Gasteiger partial charge on any atom is 0.161 e. The van der Waals surface area contributed by atoms with Crippen molar-refractivity contribution in [2.24, 2.45) is 0 Å². The van der Waals surface area contributed by atoms with Gasteiger partial charge in [0, 0.05) is 6.04 Å². The minimum Gasteiger partial charge on any atom is -0.493 e. The van der Waals surface area contributed by atoms with Crippen molar-refractivity contribution in [3.05, 3.63) is 23.8 Å². The molecule has 3 nitrogen and oxygen atoms in total. The van der Waals surface area contributed by atoms with Gasteiger partial charge >= 0.3 is 0 Å². The van der Waals surface area contributed by atoms with Gasteiger partial charge in [-0.2, -0.15) is 0 Å². The summed E-state index contributed by atoms with van der Waals surface area (Å²) < 4.78 is 11.0. The normalized spacial score (nSPS) is 12.2. The van der Waals surface area contributed by atoms with Crippen molar-refractivity contribution in [1.82, 2.24) is 5.32 Å². The highest BCUT2D eigenvalue weighted by Gasteiger charge is 2.12. The standard InChI is InChI=1S/C16H27NO2/c1-5-8-11-17-14(6-2)13-9-10-15(19-7-3)16(12-13)18-4/h9-10,12,14,17H,5-8,11H2,1-4H3/t14-/m0/s1. The van der Waals surface area contributed by atoms with E-state index in [1.54, 1.807) is 7.11 Å². The molecule has 0 fully saturated rings.